The summed E-state index contributed by atoms with van der Waals surface area (Å²) in [5.41, 5.74) is 1.57. The maximum absolute atomic E-state index is 12.4. The minimum absolute atomic E-state index is 0.0438. The van der Waals surface area contributed by atoms with Crippen LogP contribution in [0.1, 0.15) is 22.5 Å². The predicted octanol–water partition coefficient (Wildman–Crippen LogP) is 1.59. The highest BCUT2D eigenvalue weighted by atomic mass is 16.5. The molecule has 2 saturated heterocycles. The van der Waals surface area contributed by atoms with E-state index in [1.807, 2.05) is 11.0 Å². The molecule has 2 fully saturated rings. The van der Waals surface area contributed by atoms with Gasteiger partial charge in [0.1, 0.15) is 17.6 Å². The van der Waals surface area contributed by atoms with Gasteiger partial charge in [0, 0.05) is 18.8 Å². The fourth-order valence-corrected chi connectivity index (χ4v) is 3.70. The van der Waals surface area contributed by atoms with Crippen molar-refractivity contribution in [3.63, 3.8) is 0 Å². The molecule has 6 nitrogen and oxygen atoms in total. The van der Waals surface area contributed by atoms with Gasteiger partial charge in [0.2, 0.25) is 0 Å². The molecule has 0 radical (unpaired) electrons. The molecule has 2 aliphatic rings. The van der Waals surface area contributed by atoms with E-state index in [-0.39, 0.29) is 11.5 Å². The Labute approximate surface area is 147 Å². The molecule has 0 aliphatic carbocycles. The van der Waals surface area contributed by atoms with E-state index in [4.69, 9.17) is 4.74 Å². The molecule has 0 bridgehead atoms. The number of hydrogen-bond acceptors (Lipinski definition) is 5. The van der Waals surface area contributed by atoms with E-state index in [1.165, 1.54) is 11.9 Å². The van der Waals surface area contributed by atoms with Gasteiger partial charge >= 0.3 is 0 Å². The number of benzene rings is 1. The van der Waals surface area contributed by atoms with Gasteiger partial charge in [-0.05, 0) is 25.1 Å². The van der Waals surface area contributed by atoms with Gasteiger partial charge in [-0.15, -0.1) is 0 Å². The van der Waals surface area contributed by atoms with Crippen molar-refractivity contribution in [3.05, 3.63) is 60.2 Å². The van der Waals surface area contributed by atoms with E-state index >= 15 is 0 Å². The summed E-state index contributed by atoms with van der Waals surface area (Å²) in [6.07, 6.45) is 3.96. The van der Waals surface area contributed by atoms with E-state index in [0.717, 1.165) is 19.6 Å². The summed E-state index contributed by atoms with van der Waals surface area (Å²) < 4.78 is 6.10. The molecule has 2 aromatic rings. The molecular formula is C19H22N4O2. The van der Waals surface area contributed by atoms with Crippen LogP contribution in [0.2, 0.25) is 0 Å². The Morgan fingerprint density at radius 2 is 2.12 bits per heavy atom. The highest BCUT2D eigenvalue weighted by molar-refractivity contribution is 5.92. The average molecular weight is 338 g/mol. The third-order valence-corrected chi connectivity index (χ3v) is 5.13. The third-order valence-electron chi connectivity index (χ3n) is 5.13. The van der Waals surface area contributed by atoms with Crippen molar-refractivity contribution in [1.82, 2.24) is 19.8 Å². The van der Waals surface area contributed by atoms with Crippen LogP contribution >= 0.6 is 0 Å². The van der Waals surface area contributed by atoms with Crippen molar-refractivity contribution < 1.29 is 9.53 Å². The second-order valence-electron chi connectivity index (χ2n) is 7.01. The molecule has 130 valence electrons. The molecule has 0 saturated carbocycles. The molecule has 3 heterocycles. The van der Waals surface area contributed by atoms with Gasteiger partial charge < -0.3 is 9.64 Å². The zero-order valence-electron chi connectivity index (χ0n) is 14.3. The number of carbonyl (C=O) groups is 1. The standard InChI is InChI=1S/C19H22N4O2/c1-22(10-15-5-3-2-4-6-15)16-9-19(25-11-16)12-23(13-19)18(24)17-7-8-20-14-21-17/h2-8,14,16H,9-13H2,1H3. The van der Waals surface area contributed by atoms with Gasteiger partial charge in [-0.25, -0.2) is 9.97 Å². The van der Waals surface area contributed by atoms with Crippen molar-refractivity contribution in [2.24, 2.45) is 0 Å². The van der Waals surface area contributed by atoms with Crippen LogP contribution < -0.4 is 0 Å². The Kier molecular flexibility index (Phi) is 4.23. The molecular weight excluding hydrogens is 316 g/mol. The van der Waals surface area contributed by atoms with Gasteiger partial charge in [-0.1, -0.05) is 30.3 Å². The molecule has 1 unspecified atom stereocenters. The average Bonchev–Trinajstić information content (AvgIpc) is 3.07. The Hall–Kier alpha value is -2.31. The summed E-state index contributed by atoms with van der Waals surface area (Å²) in [6.45, 7) is 2.92. The first kappa shape index (κ1) is 16.2. The van der Waals surface area contributed by atoms with Crippen molar-refractivity contribution in [1.29, 1.82) is 0 Å². The third kappa shape index (κ3) is 3.27. The molecule has 25 heavy (non-hydrogen) atoms. The second kappa shape index (κ2) is 6.54. The monoisotopic (exact) mass is 338 g/mol. The SMILES string of the molecule is CN(Cc1ccccc1)C1COC2(C1)CN(C(=O)c1ccncn1)C2. The summed E-state index contributed by atoms with van der Waals surface area (Å²) in [4.78, 5) is 24.4. The van der Waals surface area contributed by atoms with E-state index < -0.39 is 0 Å². The molecule has 2 aliphatic heterocycles. The van der Waals surface area contributed by atoms with E-state index in [9.17, 15) is 4.79 Å². The largest absolute Gasteiger partial charge is 0.370 e. The van der Waals surface area contributed by atoms with Crippen molar-refractivity contribution in [2.45, 2.75) is 24.6 Å². The molecule has 1 aromatic carbocycles. The van der Waals surface area contributed by atoms with E-state index in [0.29, 0.717) is 24.8 Å². The van der Waals surface area contributed by atoms with Gasteiger partial charge in [-0.3, -0.25) is 9.69 Å². The number of carbonyl (C=O) groups excluding carboxylic acids is 1. The van der Waals surface area contributed by atoms with E-state index in [2.05, 4.69) is 46.2 Å². The summed E-state index contributed by atoms with van der Waals surface area (Å²) in [5, 5.41) is 0. The maximum atomic E-state index is 12.4. The first-order chi connectivity index (χ1) is 12.2. The summed E-state index contributed by atoms with van der Waals surface area (Å²) in [7, 11) is 2.14. The minimum Gasteiger partial charge on any atom is -0.370 e. The number of likely N-dealkylation sites (tertiary alicyclic amines) is 1. The number of rotatable bonds is 4. The first-order valence-corrected chi connectivity index (χ1v) is 8.59. The van der Waals surface area contributed by atoms with Crippen LogP contribution in [-0.2, 0) is 11.3 Å². The van der Waals surface area contributed by atoms with Crippen LogP contribution in [0.3, 0.4) is 0 Å². The number of likely N-dealkylation sites (N-methyl/N-ethyl adjacent to an activating group) is 1. The molecule has 1 spiro atoms. The van der Waals surface area contributed by atoms with Crippen LogP contribution in [0.15, 0.2) is 48.9 Å². The number of ether oxygens (including phenoxy) is 1. The maximum Gasteiger partial charge on any atom is 0.272 e. The van der Waals surface area contributed by atoms with Gasteiger partial charge in [0.15, 0.2) is 0 Å². The Morgan fingerprint density at radius 1 is 1.32 bits per heavy atom. The molecule has 1 amide bonds. The van der Waals surface area contributed by atoms with Crippen molar-refractivity contribution >= 4 is 5.91 Å². The Morgan fingerprint density at radius 3 is 2.84 bits per heavy atom. The first-order valence-electron chi connectivity index (χ1n) is 8.59. The van der Waals surface area contributed by atoms with Crippen LogP contribution in [0, 0.1) is 0 Å². The summed E-state index contributed by atoms with van der Waals surface area (Å²) in [5.74, 6) is -0.0438. The normalized spacial score (nSPS) is 21.5. The van der Waals surface area contributed by atoms with Crippen LogP contribution in [0.5, 0.6) is 0 Å². The molecule has 6 heteroatoms. The predicted molar refractivity (Wildman–Crippen MR) is 92.9 cm³/mol. The minimum atomic E-state index is -0.182. The Balaban J connectivity index is 1.32. The Bertz CT molecular complexity index is 732. The second-order valence-corrected chi connectivity index (χ2v) is 7.01. The zero-order chi connectivity index (χ0) is 17.3. The number of hydrogen-bond donors (Lipinski definition) is 0. The smallest absolute Gasteiger partial charge is 0.272 e. The lowest BCUT2D eigenvalue weighted by atomic mass is 9.88. The molecule has 1 aromatic heterocycles. The van der Waals surface area contributed by atoms with Crippen LogP contribution in [0.4, 0.5) is 0 Å². The molecule has 1 atom stereocenters. The molecule has 4 rings (SSSR count). The van der Waals surface area contributed by atoms with Gasteiger partial charge in [0.05, 0.1) is 19.7 Å². The van der Waals surface area contributed by atoms with Crippen LogP contribution in [-0.4, -0.2) is 64.1 Å². The highest BCUT2D eigenvalue weighted by Crippen LogP contribution is 2.37. The lowest BCUT2D eigenvalue weighted by molar-refractivity contribution is -0.0952. The van der Waals surface area contributed by atoms with Crippen molar-refractivity contribution in [2.75, 3.05) is 26.7 Å². The molecule has 0 N–H and O–H groups in total. The summed E-state index contributed by atoms with van der Waals surface area (Å²) >= 11 is 0. The number of nitrogens with zero attached hydrogens (tertiary/aromatic N) is 4. The van der Waals surface area contributed by atoms with Crippen molar-refractivity contribution in [3.8, 4) is 0 Å². The summed E-state index contributed by atoms with van der Waals surface area (Å²) in [6, 6.07) is 12.5. The topological polar surface area (TPSA) is 58.6 Å². The zero-order valence-corrected chi connectivity index (χ0v) is 14.3. The van der Waals surface area contributed by atoms with Crippen LogP contribution in [0.25, 0.3) is 0 Å². The number of aromatic nitrogens is 2. The number of amides is 1. The van der Waals surface area contributed by atoms with Gasteiger partial charge in [-0.2, -0.15) is 0 Å². The lowest BCUT2D eigenvalue weighted by Gasteiger charge is -2.47. The quantitative estimate of drug-likeness (QED) is 0.847. The fraction of sp³-hybridized carbons (Fsp3) is 0.421. The lowest BCUT2D eigenvalue weighted by Crippen LogP contribution is -2.63. The highest BCUT2D eigenvalue weighted by Gasteiger charge is 2.52. The van der Waals surface area contributed by atoms with Gasteiger partial charge in [0.25, 0.3) is 5.91 Å². The van der Waals surface area contributed by atoms with E-state index in [1.54, 1.807) is 12.3 Å². The fourth-order valence-electron chi connectivity index (χ4n) is 3.70.